The first-order valence-electron chi connectivity index (χ1n) is 8.51. The van der Waals surface area contributed by atoms with E-state index in [1.54, 1.807) is 17.0 Å². The normalized spacial score (nSPS) is 14.2. The Bertz CT molecular complexity index is 801. The molecular weight excluding hydrogens is 334 g/mol. The highest BCUT2D eigenvalue weighted by Gasteiger charge is 2.23. The van der Waals surface area contributed by atoms with E-state index >= 15 is 0 Å². The number of hydrogen-bond acceptors (Lipinski definition) is 5. The number of benzene rings is 2. The molecule has 1 saturated heterocycles. The summed E-state index contributed by atoms with van der Waals surface area (Å²) >= 11 is 0. The molecule has 1 amide bonds. The lowest BCUT2D eigenvalue weighted by Gasteiger charge is -2.36. The van der Waals surface area contributed by atoms with Crippen molar-refractivity contribution < 1.29 is 14.5 Å². The lowest BCUT2D eigenvalue weighted by Crippen LogP contribution is -2.50. The summed E-state index contributed by atoms with van der Waals surface area (Å²) in [5.41, 5.74) is 2.27. The molecule has 7 heteroatoms. The third-order valence-electron chi connectivity index (χ3n) is 4.50. The number of ether oxygens (including phenoxy) is 1. The van der Waals surface area contributed by atoms with Crippen molar-refractivity contribution in [1.29, 1.82) is 0 Å². The molecule has 0 N–H and O–H groups in total. The minimum absolute atomic E-state index is 0.115. The minimum Gasteiger partial charge on any atom is -0.477 e. The van der Waals surface area contributed by atoms with Crippen LogP contribution in [0, 0.1) is 17.0 Å². The average molecular weight is 355 g/mol. The Morgan fingerprint density at radius 3 is 2.42 bits per heavy atom. The zero-order chi connectivity index (χ0) is 18.5. The summed E-state index contributed by atoms with van der Waals surface area (Å²) < 4.78 is 5.40. The van der Waals surface area contributed by atoms with Crippen LogP contribution in [0.25, 0.3) is 0 Å². The van der Waals surface area contributed by atoms with Crippen molar-refractivity contribution in [3.05, 3.63) is 64.2 Å². The van der Waals surface area contributed by atoms with Crippen LogP contribution in [0.1, 0.15) is 5.56 Å². The maximum absolute atomic E-state index is 12.4. The molecule has 0 bridgehead atoms. The molecule has 1 aliphatic heterocycles. The van der Waals surface area contributed by atoms with E-state index in [2.05, 4.69) is 24.0 Å². The lowest BCUT2D eigenvalue weighted by molar-refractivity contribution is -0.385. The van der Waals surface area contributed by atoms with Gasteiger partial charge in [-0.1, -0.05) is 30.3 Å². The fraction of sp³-hybridized carbons (Fsp3) is 0.316. The van der Waals surface area contributed by atoms with Gasteiger partial charge in [-0.3, -0.25) is 14.9 Å². The predicted molar refractivity (Wildman–Crippen MR) is 98.6 cm³/mol. The van der Waals surface area contributed by atoms with Crippen molar-refractivity contribution >= 4 is 17.3 Å². The van der Waals surface area contributed by atoms with E-state index in [1.807, 2.05) is 12.1 Å². The lowest BCUT2D eigenvalue weighted by atomic mass is 10.1. The minimum atomic E-state index is -0.513. The number of carbonyl (C=O) groups excluding carboxylic acids is 1. The molecule has 3 rings (SSSR count). The van der Waals surface area contributed by atoms with E-state index in [-0.39, 0.29) is 24.0 Å². The molecule has 26 heavy (non-hydrogen) atoms. The van der Waals surface area contributed by atoms with Crippen LogP contribution in [0.4, 0.5) is 11.4 Å². The summed E-state index contributed by atoms with van der Waals surface area (Å²) in [6.07, 6.45) is 0. The van der Waals surface area contributed by atoms with Crippen molar-refractivity contribution in [3.8, 4) is 5.75 Å². The molecule has 0 radical (unpaired) electrons. The molecule has 136 valence electrons. The Labute approximate surface area is 151 Å². The Morgan fingerprint density at radius 2 is 1.73 bits per heavy atom. The molecule has 2 aromatic rings. The highest BCUT2D eigenvalue weighted by molar-refractivity contribution is 5.78. The van der Waals surface area contributed by atoms with Crippen LogP contribution in [0.15, 0.2) is 48.5 Å². The van der Waals surface area contributed by atoms with Crippen molar-refractivity contribution in [2.24, 2.45) is 0 Å². The Hall–Kier alpha value is -3.09. The highest BCUT2D eigenvalue weighted by Crippen LogP contribution is 2.26. The van der Waals surface area contributed by atoms with E-state index in [0.717, 1.165) is 13.1 Å². The predicted octanol–water partition coefficient (Wildman–Crippen LogP) is 2.63. The summed E-state index contributed by atoms with van der Waals surface area (Å²) in [5, 5.41) is 11.0. The second-order valence-corrected chi connectivity index (χ2v) is 6.17. The van der Waals surface area contributed by atoms with Crippen LogP contribution in [-0.2, 0) is 4.79 Å². The molecule has 0 aromatic heterocycles. The van der Waals surface area contributed by atoms with Crippen LogP contribution in [-0.4, -0.2) is 48.5 Å². The second-order valence-electron chi connectivity index (χ2n) is 6.17. The maximum atomic E-state index is 12.4. The second kappa shape index (κ2) is 7.86. The number of amides is 1. The molecule has 7 nitrogen and oxygen atoms in total. The number of anilines is 1. The van der Waals surface area contributed by atoms with Crippen molar-refractivity contribution in [2.75, 3.05) is 37.7 Å². The number of para-hydroxylation sites is 3. The van der Waals surface area contributed by atoms with Crippen LogP contribution in [0.3, 0.4) is 0 Å². The van der Waals surface area contributed by atoms with E-state index in [4.69, 9.17) is 4.74 Å². The van der Waals surface area contributed by atoms with Gasteiger partial charge in [0.05, 0.1) is 4.92 Å². The molecule has 1 aliphatic rings. The number of piperazine rings is 1. The van der Waals surface area contributed by atoms with Crippen LogP contribution in [0.2, 0.25) is 0 Å². The maximum Gasteiger partial charge on any atom is 0.310 e. The number of aryl methyl sites for hydroxylation is 1. The number of nitrogens with zero attached hydrogens (tertiary/aromatic N) is 3. The molecule has 1 fully saturated rings. The fourth-order valence-corrected chi connectivity index (χ4v) is 3.08. The van der Waals surface area contributed by atoms with Gasteiger partial charge in [0.2, 0.25) is 0 Å². The van der Waals surface area contributed by atoms with Gasteiger partial charge in [-0.2, -0.15) is 0 Å². The van der Waals surface area contributed by atoms with E-state index < -0.39 is 4.92 Å². The number of nitro groups is 1. The fourth-order valence-electron chi connectivity index (χ4n) is 3.08. The van der Waals surface area contributed by atoms with Gasteiger partial charge in [0.15, 0.2) is 12.4 Å². The summed E-state index contributed by atoms with van der Waals surface area (Å²) in [6, 6.07) is 14.3. The molecule has 0 unspecified atom stereocenters. The first-order chi connectivity index (χ1) is 12.6. The third-order valence-corrected chi connectivity index (χ3v) is 4.50. The zero-order valence-electron chi connectivity index (χ0n) is 14.6. The van der Waals surface area contributed by atoms with Crippen LogP contribution in [0.5, 0.6) is 5.75 Å². The van der Waals surface area contributed by atoms with E-state index in [9.17, 15) is 14.9 Å². The number of nitro benzene ring substituents is 1. The third kappa shape index (κ3) is 3.93. The topological polar surface area (TPSA) is 75.9 Å². The molecular formula is C19H21N3O4. The largest absolute Gasteiger partial charge is 0.477 e. The van der Waals surface area contributed by atoms with E-state index in [1.165, 1.54) is 23.4 Å². The Morgan fingerprint density at radius 1 is 1.08 bits per heavy atom. The molecule has 0 aliphatic carbocycles. The van der Waals surface area contributed by atoms with Gasteiger partial charge < -0.3 is 14.5 Å². The van der Waals surface area contributed by atoms with Gasteiger partial charge in [-0.05, 0) is 24.6 Å². The van der Waals surface area contributed by atoms with Crippen molar-refractivity contribution in [1.82, 2.24) is 4.90 Å². The summed E-state index contributed by atoms with van der Waals surface area (Å²) in [7, 11) is 0. The van der Waals surface area contributed by atoms with E-state index in [0.29, 0.717) is 13.1 Å². The zero-order valence-corrected chi connectivity index (χ0v) is 14.6. The highest BCUT2D eigenvalue weighted by atomic mass is 16.6. The number of hydrogen-bond donors (Lipinski definition) is 0. The Kier molecular flexibility index (Phi) is 5.36. The first kappa shape index (κ1) is 17.7. The summed E-state index contributed by atoms with van der Waals surface area (Å²) in [6.45, 7) is 4.59. The van der Waals surface area contributed by atoms with Crippen LogP contribution >= 0.6 is 0 Å². The van der Waals surface area contributed by atoms with Gasteiger partial charge in [-0.25, -0.2) is 0 Å². The number of rotatable bonds is 5. The van der Waals surface area contributed by atoms with Gasteiger partial charge in [-0.15, -0.1) is 0 Å². The van der Waals surface area contributed by atoms with Gasteiger partial charge >= 0.3 is 5.69 Å². The quantitative estimate of drug-likeness (QED) is 0.609. The summed E-state index contributed by atoms with van der Waals surface area (Å²) in [5.74, 6) is -0.0445. The van der Waals surface area contributed by atoms with Crippen LogP contribution < -0.4 is 9.64 Å². The first-order valence-corrected chi connectivity index (χ1v) is 8.51. The molecule has 2 aromatic carbocycles. The summed E-state index contributed by atoms with van der Waals surface area (Å²) in [4.78, 5) is 26.9. The average Bonchev–Trinajstić information content (AvgIpc) is 2.67. The van der Waals surface area contributed by atoms with Gasteiger partial charge in [0.1, 0.15) is 0 Å². The SMILES string of the molecule is Cc1ccccc1N1CCN(C(=O)COc2ccccc2[N+](=O)[O-])CC1. The smallest absolute Gasteiger partial charge is 0.310 e. The molecule has 0 spiro atoms. The molecule has 0 saturated carbocycles. The van der Waals surface area contributed by atoms with Crippen molar-refractivity contribution in [3.63, 3.8) is 0 Å². The molecule has 0 atom stereocenters. The number of carbonyl (C=O) groups is 1. The Balaban J connectivity index is 1.55. The monoisotopic (exact) mass is 355 g/mol. The van der Waals surface area contributed by atoms with Crippen molar-refractivity contribution in [2.45, 2.75) is 6.92 Å². The molecule has 1 heterocycles. The standard InChI is InChI=1S/C19H21N3O4/c1-15-6-2-3-7-16(15)20-10-12-21(13-11-20)19(23)14-26-18-9-5-4-8-17(18)22(24)25/h2-9H,10-14H2,1H3. The van der Waals surface area contributed by atoms with Gasteiger partial charge in [0, 0.05) is 37.9 Å². The van der Waals surface area contributed by atoms with Gasteiger partial charge in [0.25, 0.3) is 5.91 Å².